The number of fused-ring (bicyclic) bond motifs is 1. The summed E-state index contributed by atoms with van der Waals surface area (Å²) in [6, 6.07) is 5.20. The quantitative estimate of drug-likeness (QED) is 0.926. The Morgan fingerprint density at radius 3 is 2.56 bits per heavy atom. The van der Waals surface area contributed by atoms with Gasteiger partial charge in [-0.15, -0.1) is 0 Å². The van der Waals surface area contributed by atoms with E-state index in [2.05, 4.69) is 14.9 Å². The van der Waals surface area contributed by atoms with Crippen molar-refractivity contribution < 1.29 is 13.2 Å². The molecule has 1 aliphatic heterocycles. The molecule has 0 spiro atoms. The molecule has 2 heterocycles. The van der Waals surface area contributed by atoms with Gasteiger partial charge in [0.1, 0.15) is 5.82 Å². The molecule has 0 amide bonds. The van der Waals surface area contributed by atoms with E-state index in [-0.39, 0.29) is 5.56 Å². The molecule has 1 fully saturated rings. The predicted octanol–water partition coefficient (Wildman–Crippen LogP) is 3.22. The van der Waals surface area contributed by atoms with Crippen molar-refractivity contribution in [3.8, 4) is 0 Å². The fraction of sp³-hybridized carbons (Fsp3) is 0.444. The van der Waals surface area contributed by atoms with Gasteiger partial charge in [0.05, 0.1) is 16.8 Å². The van der Waals surface area contributed by atoms with Crippen molar-refractivity contribution in [3.63, 3.8) is 0 Å². The first kappa shape index (κ1) is 16.3. The first-order valence-electron chi connectivity index (χ1n) is 8.40. The third-order valence-electron chi connectivity index (χ3n) is 4.82. The Labute approximate surface area is 142 Å². The number of nitrogens with one attached hydrogen (secondary N) is 1. The summed E-state index contributed by atoms with van der Waals surface area (Å²) in [5.41, 5.74) is 1.63. The number of halogens is 3. The van der Waals surface area contributed by atoms with Crippen LogP contribution in [-0.2, 0) is 25.7 Å². The van der Waals surface area contributed by atoms with Crippen molar-refractivity contribution in [2.24, 2.45) is 0 Å². The molecule has 7 heteroatoms. The van der Waals surface area contributed by atoms with Gasteiger partial charge in [0, 0.05) is 32.0 Å². The number of hydrogen-bond acceptors (Lipinski definition) is 3. The maximum absolute atomic E-state index is 12.6. The molecule has 0 unspecified atom stereocenters. The molecule has 132 valence electrons. The van der Waals surface area contributed by atoms with Crippen molar-refractivity contribution in [1.82, 2.24) is 14.9 Å². The lowest BCUT2D eigenvalue weighted by Gasteiger charge is -2.27. The highest BCUT2D eigenvalue weighted by Crippen LogP contribution is 2.37. The highest BCUT2D eigenvalue weighted by molar-refractivity contribution is 5.26. The molecule has 2 aliphatic rings. The standard InChI is InChI=1S/C18H18F3N3O/c19-18(20,21)13-5-1-11(2-6-13)9-24-8-7-15-14(10-24)17(25)23-16(22-15)12-3-4-12/h1-2,5-6,12H,3-4,7-10H2,(H,22,23,25). The topological polar surface area (TPSA) is 49.0 Å². The highest BCUT2D eigenvalue weighted by Gasteiger charge is 2.31. The molecular formula is C18H18F3N3O. The number of rotatable bonds is 3. The van der Waals surface area contributed by atoms with Crippen LogP contribution in [0.1, 0.15) is 47.0 Å². The summed E-state index contributed by atoms with van der Waals surface area (Å²) < 4.78 is 37.9. The van der Waals surface area contributed by atoms with E-state index in [1.165, 1.54) is 12.1 Å². The van der Waals surface area contributed by atoms with Gasteiger partial charge in [-0.3, -0.25) is 9.69 Å². The number of benzene rings is 1. The van der Waals surface area contributed by atoms with E-state index in [1.807, 2.05) is 0 Å². The Morgan fingerprint density at radius 1 is 1.20 bits per heavy atom. The van der Waals surface area contributed by atoms with Gasteiger partial charge in [-0.05, 0) is 30.5 Å². The minimum atomic E-state index is -4.32. The summed E-state index contributed by atoms with van der Waals surface area (Å²) in [4.78, 5) is 21.9. The van der Waals surface area contributed by atoms with Gasteiger partial charge in [0.2, 0.25) is 0 Å². The molecule has 1 aromatic heterocycles. The molecule has 0 atom stereocenters. The average Bonchev–Trinajstić information content (AvgIpc) is 3.40. The van der Waals surface area contributed by atoms with Gasteiger partial charge in [-0.2, -0.15) is 13.2 Å². The summed E-state index contributed by atoms with van der Waals surface area (Å²) in [6.45, 7) is 1.74. The van der Waals surface area contributed by atoms with Gasteiger partial charge in [-0.25, -0.2) is 4.98 Å². The molecule has 0 bridgehead atoms. The smallest absolute Gasteiger partial charge is 0.310 e. The first-order valence-corrected chi connectivity index (χ1v) is 8.40. The Hall–Kier alpha value is -2.15. The molecule has 2 aromatic rings. The fourth-order valence-electron chi connectivity index (χ4n) is 3.24. The van der Waals surface area contributed by atoms with Crippen LogP contribution in [-0.4, -0.2) is 21.4 Å². The van der Waals surface area contributed by atoms with Gasteiger partial charge in [0.15, 0.2) is 0 Å². The van der Waals surface area contributed by atoms with Gasteiger partial charge >= 0.3 is 6.18 Å². The monoisotopic (exact) mass is 349 g/mol. The highest BCUT2D eigenvalue weighted by atomic mass is 19.4. The van der Waals surface area contributed by atoms with E-state index in [9.17, 15) is 18.0 Å². The zero-order valence-corrected chi connectivity index (χ0v) is 13.6. The van der Waals surface area contributed by atoms with E-state index >= 15 is 0 Å². The lowest BCUT2D eigenvalue weighted by molar-refractivity contribution is -0.137. The largest absolute Gasteiger partial charge is 0.416 e. The fourth-order valence-corrected chi connectivity index (χ4v) is 3.24. The van der Waals surface area contributed by atoms with Crippen LogP contribution < -0.4 is 5.56 Å². The lowest BCUT2D eigenvalue weighted by Crippen LogP contribution is -2.35. The van der Waals surface area contributed by atoms with E-state index < -0.39 is 11.7 Å². The number of alkyl halides is 3. The number of nitrogens with zero attached hydrogens (tertiary/aromatic N) is 2. The van der Waals surface area contributed by atoms with Crippen molar-refractivity contribution in [2.75, 3.05) is 6.54 Å². The first-order chi connectivity index (χ1) is 11.9. The van der Waals surface area contributed by atoms with Crippen LogP contribution in [0.4, 0.5) is 13.2 Å². The van der Waals surface area contributed by atoms with Gasteiger partial charge < -0.3 is 4.98 Å². The van der Waals surface area contributed by atoms with Crippen molar-refractivity contribution >= 4 is 0 Å². The Balaban J connectivity index is 1.48. The molecule has 1 N–H and O–H groups in total. The zero-order chi connectivity index (χ0) is 17.6. The van der Waals surface area contributed by atoms with Gasteiger partial charge in [-0.1, -0.05) is 12.1 Å². The van der Waals surface area contributed by atoms with E-state index in [0.717, 1.165) is 48.6 Å². The van der Waals surface area contributed by atoms with E-state index in [4.69, 9.17) is 0 Å². The second kappa shape index (κ2) is 5.98. The molecule has 1 saturated carbocycles. The summed E-state index contributed by atoms with van der Waals surface area (Å²) in [5.74, 6) is 1.21. The van der Waals surface area contributed by atoms with Crippen molar-refractivity contribution in [3.05, 3.63) is 62.8 Å². The molecule has 4 nitrogen and oxygen atoms in total. The molecule has 0 radical (unpaired) electrons. The Morgan fingerprint density at radius 2 is 1.92 bits per heavy atom. The second-order valence-corrected chi connectivity index (χ2v) is 6.81. The predicted molar refractivity (Wildman–Crippen MR) is 86.1 cm³/mol. The second-order valence-electron chi connectivity index (χ2n) is 6.81. The van der Waals surface area contributed by atoms with E-state index in [1.54, 1.807) is 0 Å². The summed E-state index contributed by atoms with van der Waals surface area (Å²) in [5, 5.41) is 0. The summed E-state index contributed by atoms with van der Waals surface area (Å²) in [6.07, 6.45) is -1.45. The van der Waals surface area contributed by atoms with Crippen LogP contribution in [0.5, 0.6) is 0 Å². The summed E-state index contributed by atoms with van der Waals surface area (Å²) >= 11 is 0. The SMILES string of the molecule is O=c1[nH]c(C2CC2)nc2c1CN(Cc1ccc(C(F)(F)F)cc1)CC2. The van der Waals surface area contributed by atoms with Crippen LogP contribution in [0.25, 0.3) is 0 Å². The molecule has 1 aliphatic carbocycles. The number of aromatic nitrogens is 2. The molecule has 1 aromatic carbocycles. The average molecular weight is 349 g/mol. The van der Waals surface area contributed by atoms with Crippen LogP contribution in [0, 0.1) is 0 Å². The third-order valence-corrected chi connectivity index (χ3v) is 4.82. The molecule has 0 saturated heterocycles. The lowest BCUT2D eigenvalue weighted by atomic mass is 10.1. The number of hydrogen-bond donors (Lipinski definition) is 1. The zero-order valence-electron chi connectivity index (χ0n) is 13.6. The minimum Gasteiger partial charge on any atom is -0.310 e. The van der Waals surface area contributed by atoms with Gasteiger partial charge in [0.25, 0.3) is 5.56 Å². The Bertz CT molecular complexity index is 838. The van der Waals surface area contributed by atoms with Crippen LogP contribution >= 0.6 is 0 Å². The number of H-pyrrole nitrogens is 1. The van der Waals surface area contributed by atoms with E-state index in [0.29, 0.717) is 31.0 Å². The molecule has 25 heavy (non-hydrogen) atoms. The summed E-state index contributed by atoms with van der Waals surface area (Å²) in [7, 11) is 0. The maximum Gasteiger partial charge on any atom is 0.416 e. The minimum absolute atomic E-state index is 0.0796. The molecule has 4 rings (SSSR count). The Kier molecular flexibility index (Phi) is 3.91. The molecular weight excluding hydrogens is 331 g/mol. The maximum atomic E-state index is 12.6. The van der Waals surface area contributed by atoms with Crippen molar-refractivity contribution in [1.29, 1.82) is 0 Å². The van der Waals surface area contributed by atoms with Crippen LogP contribution in [0.3, 0.4) is 0 Å². The number of aromatic amines is 1. The third kappa shape index (κ3) is 3.46. The van der Waals surface area contributed by atoms with Crippen molar-refractivity contribution in [2.45, 2.75) is 44.4 Å². The van der Waals surface area contributed by atoms with Crippen LogP contribution in [0.15, 0.2) is 29.1 Å². The van der Waals surface area contributed by atoms with Crippen LogP contribution in [0.2, 0.25) is 0 Å². The normalized spacial score (nSPS) is 18.2.